The Hall–Kier alpha value is -1.79. The van der Waals surface area contributed by atoms with E-state index in [9.17, 15) is 19.5 Å². The molecule has 0 radical (unpaired) electrons. The Morgan fingerprint density at radius 1 is 1.36 bits per heavy atom. The van der Waals surface area contributed by atoms with Gasteiger partial charge in [-0.25, -0.2) is 0 Å². The summed E-state index contributed by atoms with van der Waals surface area (Å²) in [5.41, 5.74) is 0.621. The number of ether oxygens (including phenoxy) is 2. The minimum atomic E-state index is -0.502. The molecule has 0 saturated carbocycles. The Morgan fingerprint density at radius 2 is 2.07 bits per heavy atom. The number of carbonyl (C=O) groups is 3. The molecule has 0 spiro atoms. The lowest BCUT2D eigenvalue weighted by atomic mass is 10.2. The van der Waals surface area contributed by atoms with Gasteiger partial charge in [-0.3, -0.25) is 19.3 Å². The predicted molar refractivity (Wildman–Crippen MR) is 112 cm³/mol. The minimum Gasteiger partial charge on any atom is -0.504 e. The summed E-state index contributed by atoms with van der Waals surface area (Å²) in [6, 6.07) is 3.29. The summed E-state index contributed by atoms with van der Waals surface area (Å²) in [7, 11) is 0. The minimum absolute atomic E-state index is 0.0313. The number of halogens is 1. The third-order valence-electron chi connectivity index (χ3n) is 4.18. The molecular weight excluding hydrogens is 499 g/mol. The van der Waals surface area contributed by atoms with E-state index < -0.39 is 11.1 Å². The van der Waals surface area contributed by atoms with Gasteiger partial charge in [-0.15, -0.1) is 0 Å². The largest absolute Gasteiger partial charge is 0.504 e. The fourth-order valence-electron chi connectivity index (χ4n) is 2.78. The SMILES string of the molecule is CCOc1cc(/C=C2/SC(=O)N(CC(=O)N3CCOCC3)C2=O)cc(I)c1O. The normalized spacial score (nSPS) is 18.9. The van der Waals surface area contributed by atoms with Crippen molar-refractivity contribution in [2.24, 2.45) is 0 Å². The molecule has 0 aromatic heterocycles. The Kier molecular flexibility index (Phi) is 6.83. The Bertz CT molecular complexity index is 838. The van der Waals surface area contributed by atoms with E-state index in [1.54, 1.807) is 30.0 Å². The smallest absolute Gasteiger partial charge is 0.294 e. The molecule has 8 nitrogen and oxygen atoms in total. The lowest BCUT2D eigenvalue weighted by molar-refractivity contribution is -0.139. The van der Waals surface area contributed by atoms with Crippen LogP contribution in [0.1, 0.15) is 12.5 Å². The fraction of sp³-hybridized carbons (Fsp3) is 0.389. The number of hydrogen-bond acceptors (Lipinski definition) is 7. The highest BCUT2D eigenvalue weighted by molar-refractivity contribution is 14.1. The van der Waals surface area contributed by atoms with Crippen molar-refractivity contribution in [2.75, 3.05) is 39.5 Å². The van der Waals surface area contributed by atoms with E-state index in [0.29, 0.717) is 47.8 Å². The molecule has 150 valence electrons. The summed E-state index contributed by atoms with van der Waals surface area (Å²) in [5, 5.41) is 9.56. The van der Waals surface area contributed by atoms with Crippen molar-refractivity contribution in [1.82, 2.24) is 9.80 Å². The van der Waals surface area contributed by atoms with Crippen molar-refractivity contribution >= 4 is 57.5 Å². The molecule has 2 fully saturated rings. The maximum Gasteiger partial charge on any atom is 0.294 e. The second-order valence-corrected chi connectivity index (χ2v) is 8.20. The first-order valence-electron chi connectivity index (χ1n) is 8.67. The molecule has 1 N–H and O–H groups in total. The first kappa shape index (κ1) is 20.9. The summed E-state index contributed by atoms with van der Waals surface area (Å²) < 4.78 is 11.2. The molecule has 0 aliphatic carbocycles. The number of morpholine rings is 1. The van der Waals surface area contributed by atoms with Crippen LogP contribution in [0.2, 0.25) is 0 Å². The molecular formula is C18H19IN2O6S. The monoisotopic (exact) mass is 518 g/mol. The van der Waals surface area contributed by atoms with Crippen LogP contribution in [0.5, 0.6) is 11.5 Å². The van der Waals surface area contributed by atoms with Crippen LogP contribution in [0, 0.1) is 3.57 Å². The molecule has 0 atom stereocenters. The Balaban J connectivity index is 1.76. The zero-order valence-electron chi connectivity index (χ0n) is 15.1. The highest BCUT2D eigenvalue weighted by Crippen LogP contribution is 2.36. The second kappa shape index (κ2) is 9.14. The van der Waals surface area contributed by atoms with Crippen molar-refractivity contribution in [3.05, 3.63) is 26.2 Å². The first-order valence-corrected chi connectivity index (χ1v) is 10.6. The summed E-state index contributed by atoms with van der Waals surface area (Å²) in [5.74, 6) is -0.437. The number of hydrogen-bond donors (Lipinski definition) is 1. The van der Waals surface area contributed by atoms with Gasteiger partial charge in [-0.05, 0) is 65.0 Å². The fourth-order valence-corrected chi connectivity index (χ4v) is 4.24. The molecule has 10 heteroatoms. The van der Waals surface area contributed by atoms with Crippen LogP contribution in [-0.4, -0.2) is 71.4 Å². The topological polar surface area (TPSA) is 96.4 Å². The number of rotatable bonds is 5. The molecule has 2 heterocycles. The summed E-state index contributed by atoms with van der Waals surface area (Å²) in [4.78, 5) is 40.0. The number of amides is 3. The van der Waals surface area contributed by atoms with Gasteiger partial charge in [0.15, 0.2) is 11.5 Å². The van der Waals surface area contributed by atoms with E-state index in [-0.39, 0.29) is 23.1 Å². The lowest BCUT2D eigenvalue weighted by Gasteiger charge is -2.28. The Labute approximate surface area is 180 Å². The van der Waals surface area contributed by atoms with Gasteiger partial charge in [0, 0.05) is 13.1 Å². The van der Waals surface area contributed by atoms with Crippen molar-refractivity contribution in [1.29, 1.82) is 0 Å². The molecule has 2 aliphatic heterocycles. The number of benzene rings is 1. The molecule has 2 aliphatic rings. The molecule has 0 bridgehead atoms. The van der Waals surface area contributed by atoms with Crippen molar-refractivity contribution in [3.63, 3.8) is 0 Å². The number of phenolic OH excluding ortho intramolecular Hbond substituents is 1. The first-order chi connectivity index (χ1) is 13.4. The third kappa shape index (κ3) is 4.61. The van der Waals surface area contributed by atoms with E-state index in [1.165, 1.54) is 0 Å². The van der Waals surface area contributed by atoms with Crippen molar-refractivity contribution < 1.29 is 29.0 Å². The highest BCUT2D eigenvalue weighted by atomic mass is 127. The molecule has 0 unspecified atom stereocenters. The number of phenols is 1. The van der Waals surface area contributed by atoms with Crippen LogP contribution >= 0.6 is 34.4 Å². The molecule has 28 heavy (non-hydrogen) atoms. The average Bonchev–Trinajstić information content (AvgIpc) is 2.94. The van der Waals surface area contributed by atoms with Crippen LogP contribution in [0.3, 0.4) is 0 Å². The zero-order chi connectivity index (χ0) is 20.3. The summed E-state index contributed by atoms with van der Waals surface area (Å²) in [6.45, 7) is 3.72. The van der Waals surface area contributed by atoms with Gasteiger partial charge in [0.25, 0.3) is 11.1 Å². The van der Waals surface area contributed by atoms with Crippen LogP contribution in [0.15, 0.2) is 17.0 Å². The van der Waals surface area contributed by atoms with Gasteiger partial charge in [0.1, 0.15) is 6.54 Å². The van der Waals surface area contributed by atoms with Crippen molar-refractivity contribution in [3.8, 4) is 11.5 Å². The quantitative estimate of drug-likeness (QED) is 0.472. The summed E-state index contributed by atoms with van der Waals surface area (Å²) >= 11 is 2.76. The van der Waals surface area contributed by atoms with E-state index in [1.807, 2.05) is 22.6 Å². The second-order valence-electron chi connectivity index (χ2n) is 6.04. The molecule has 1 aromatic rings. The van der Waals surface area contributed by atoms with Gasteiger partial charge in [0.2, 0.25) is 5.91 Å². The van der Waals surface area contributed by atoms with E-state index in [4.69, 9.17) is 9.47 Å². The number of aromatic hydroxyl groups is 1. The highest BCUT2D eigenvalue weighted by Gasteiger charge is 2.37. The van der Waals surface area contributed by atoms with Gasteiger partial charge in [-0.2, -0.15) is 0 Å². The average molecular weight is 518 g/mol. The zero-order valence-corrected chi connectivity index (χ0v) is 18.1. The molecule has 2 saturated heterocycles. The number of nitrogens with zero attached hydrogens (tertiary/aromatic N) is 2. The van der Waals surface area contributed by atoms with Crippen LogP contribution in [0.25, 0.3) is 6.08 Å². The van der Waals surface area contributed by atoms with Gasteiger partial charge >= 0.3 is 0 Å². The number of thioether (sulfide) groups is 1. The van der Waals surface area contributed by atoms with Gasteiger partial charge in [0.05, 0.1) is 28.3 Å². The number of imide groups is 1. The number of carbonyl (C=O) groups excluding carboxylic acids is 3. The molecule has 3 amide bonds. The van der Waals surface area contributed by atoms with Gasteiger partial charge in [-0.1, -0.05) is 0 Å². The third-order valence-corrected chi connectivity index (χ3v) is 5.91. The van der Waals surface area contributed by atoms with E-state index in [2.05, 4.69) is 0 Å². The summed E-state index contributed by atoms with van der Waals surface area (Å²) in [6.07, 6.45) is 1.56. The Morgan fingerprint density at radius 3 is 2.75 bits per heavy atom. The van der Waals surface area contributed by atoms with E-state index >= 15 is 0 Å². The maximum absolute atomic E-state index is 12.6. The lowest BCUT2D eigenvalue weighted by Crippen LogP contribution is -2.46. The predicted octanol–water partition coefficient (Wildman–Crippen LogP) is 2.29. The molecule has 1 aromatic carbocycles. The van der Waals surface area contributed by atoms with Crippen molar-refractivity contribution in [2.45, 2.75) is 6.92 Å². The molecule has 3 rings (SSSR count). The van der Waals surface area contributed by atoms with Crippen LogP contribution < -0.4 is 4.74 Å². The standard InChI is InChI=1S/C18H19IN2O6S/c1-2-27-13-8-11(7-12(19)16(13)23)9-14-17(24)21(18(25)28-14)10-15(22)20-3-5-26-6-4-20/h7-9,23H,2-6,10H2,1H3/b14-9+. The van der Waals surface area contributed by atoms with E-state index in [0.717, 1.165) is 16.7 Å². The maximum atomic E-state index is 12.6. The van der Waals surface area contributed by atoms with Crippen LogP contribution in [-0.2, 0) is 14.3 Å². The van der Waals surface area contributed by atoms with Gasteiger partial charge < -0.3 is 19.5 Å². The van der Waals surface area contributed by atoms with Crippen LogP contribution in [0.4, 0.5) is 4.79 Å².